The Morgan fingerprint density at radius 1 is 0.852 bits per heavy atom. The first-order valence-electron chi connectivity index (χ1n) is 9.06. The lowest BCUT2D eigenvalue weighted by molar-refractivity contribution is -0.125. The SMILES string of the molecule is Cc1ccccc1NC(=O)C1CCC(C(=O)Nc2ccc(F)c(F)c2)CC1. The van der Waals surface area contributed by atoms with Crippen LogP contribution in [0.25, 0.3) is 0 Å². The Bertz CT molecular complexity index is 846. The second-order valence-electron chi connectivity index (χ2n) is 6.97. The molecule has 0 atom stereocenters. The smallest absolute Gasteiger partial charge is 0.227 e. The molecule has 27 heavy (non-hydrogen) atoms. The molecule has 0 heterocycles. The van der Waals surface area contributed by atoms with E-state index in [1.165, 1.54) is 6.07 Å². The number of para-hydroxylation sites is 1. The van der Waals surface area contributed by atoms with E-state index in [4.69, 9.17) is 0 Å². The summed E-state index contributed by atoms with van der Waals surface area (Å²) >= 11 is 0. The van der Waals surface area contributed by atoms with Gasteiger partial charge < -0.3 is 10.6 Å². The van der Waals surface area contributed by atoms with Crippen molar-refractivity contribution in [2.75, 3.05) is 10.6 Å². The zero-order valence-corrected chi connectivity index (χ0v) is 15.1. The molecule has 0 bridgehead atoms. The van der Waals surface area contributed by atoms with Gasteiger partial charge >= 0.3 is 0 Å². The number of benzene rings is 2. The highest BCUT2D eigenvalue weighted by atomic mass is 19.2. The summed E-state index contributed by atoms with van der Waals surface area (Å²) in [4.78, 5) is 24.8. The van der Waals surface area contributed by atoms with Gasteiger partial charge in [-0.25, -0.2) is 8.78 Å². The highest BCUT2D eigenvalue weighted by Crippen LogP contribution is 2.31. The van der Waals surface area contributed by atoms with Gasteiger partial charge in [0.2, 0.25) is 11.8 Å². The summed E-state index contributed by atoms with van der Waals surface area (Å²) in [6, 6.07) is 10.9. The lowest BCUT2D eigenvalue weighted by Gasteiger charge is -2.27. The van der Waals surface area contributed by atoms with Crippen molar-refractivity contribution in [2.24, 2.45) is 11.8 Å². The van der Waals surface area contributed by atoms with Crippen molar-refractivity contribution in [1.82, 2.24) is 0 Å². The van der Waals surface area contributed by atoms with E-state index in [0.29, 0.717) is 25.7 Å². The van der Waals surface area contributed by atoms with Crippen molar-refractivity contribution in [3.05, 3.63) is 59.7 Å². The number of halogens is 2. The Morgan fingerprint density at radius 3 is 2.04 bits per heavy atom. The van der Waals surface area contributed by atoms with Gasteiger partial charge in [-0.1, -0.05) is 18.2 Å². The number of carbonyl (C=O) groups is 2. The molecule has 1 saturated carbocycles. The second kappa shape index (κ2) is 8.29. The van der Waals surface area contributed by atoms with Crippen LogP contribution in [-0.2, 0) is 9.59 Å². The van der Waals surface area contributed by atoms with E-state index in [1.807, 2.05) is 31.2 Å². The Morgan fingerprint density at radius 2 is 1.44 bits per heavy atom. The number of hydrogen-bond acceptors (Lipinski definition) is 2. The topological polar surface area (TPSA) is 58.2 Å². The first-order valence-corrected chi connectivity index (χ1v) is 9.06. The molecule has 0 radical (unpaired) electrons. The van der Waals surface area contributed by atoms with E-state index in [1.54, 1.807) is 0 Å². The molecule has 0 aromatic heterocycles. The molecule has 1 fully saturated rings. The highest BCUT2D eigenvalue weighted by Gasteiger charge is 2.30. The Kier molecular flexibility index (Phi) is 5.84. The molecule has 2 aromatic rings. The number of hydrogen-bond donors (Lipinski definition) is 2. The average molecular weight is 372 g/mol. The predicted octanol–water partition coefficient (Wildman–Crippen LogP) is 4.66. The fourth-order valence-corrected chi connectivity index (χ4v) is 3.38. The molecule has 3 rings (SSSR count). The normalized spacial score (nSPS) is 19.4. The van der Waals surface area contributed by atoms with Crippen LogP contribution >= 0.6 is 0 Å². The van der Waals surface area contributed by atoms with Crippen LogP contribution in [0, 0.1) is 30.4 Å². The molecule has 2 aromatic carbocycles. The average Bonchev–Trinajstić information content (AvgIpc) is 2.66. The van der Waals surface area contributed by atoms with Crippen LogP contribution in [0.4, 0.5) is 20.2 Å². The van der Waals surface area contributed by atoms with Crippen LogP contribution in [0.2, 0.25) is 0 Å². The van der Waals surface area contributed by atoms with Crippen molar-refractivity contribution in [3.63, 3.8) is 0 Å². The van der Waals surface area contributed by atoms with Crippen molar-refractivity contribution in [1.29, 1.82) is 0 Å². The summed E-state index contributed by atoms with van der Waals surface area (Å²) in [5, 5.41) is 5.58. The third kappa shape index (κ3) is 4.70. The largest absolute Gasteiger partial charge is 0.326 e. The van der Waals surface area contributed by atoms with Crippen LogP contribution < -0.4 is 10.6 Å². The van der Waals surface area contributed by atoms with Crippen molar-refractivity contribution in [2.45, 2.75) is 32.6 Å². The quantitative estimate of drug-likeness (QED) is 0.820. The van der Waals surface area contributed by atoms with Gasteiger partial charge in [0.25, 0.3) is 0 Å². The number of aryl methyl sites for hydroxylation is 1. The molecule has 6 heteroatoms. The van der Waals surface area contributed by atoms with Gasteiger partial charge in [0, 0.05) is 29.3 Å². The molecule has 0 aliphatic heterocycles. The van der Waals surface area contributed by atoms with Crippen LogP contribution in [0.15, 0.2) is 42.5 Å². The van der Waals surface area contributed by atoms with Crippen LogP contribution in [-0.4, -0.2) is 11.8 Å². The Labute approximate surface area is 157 Å². The number of anilines is 2. The van der Waals surface area contributed by atoms with E-state index in [9.17, 15) is 18.4 Å². The van der Waals surface area contributed by atoms with Gasteiger partial charge in [0.1, 0.15) is 0 Å². The van der Waals surface area contributed by atoms with E-state index < -0.39 is 11.6 Å². The van der Waals surface area contributed by atoms with E-state index in [2.05, 4.69) is 10.6 Å². The monoisotopic (exact) mass is 372 g/mol. The fourth-order valence-electron chi connectivity index (χ4n) is 3.38. The Hall–Kier alpha value is -2.76. The number of carbonyl (C=O) groups excluding carboxylic acids is 2. The summed E-state index contributed by atoms with van der Waals surface area (Å²) in [6.07, 6.45) is 2.41. The molecule has 4 nitrogen and oxygen atoms in total. The van der Waals surface area contributed by atoms with Gasteiger partial charge in [-0.05, 0) is 56.4 Å². The first-order chi connectivity index (χ1) is 12.9. The molecule has 2 N–H and O–H groups in total. The summed E-state index contributed by atoms with van der Waals surface area (Å²) < 4.78 is 26.2. The van der Waals surface area contributed by atoms with Crippen molar-refractivity contribution >= 4 is 23.2 Å². The zero-order chi connectivity index (χ0) is 19.4. The lowest BCUT2D eigenvalue weighted by Crippen LogP contribution is -2.32. The molecule has 1 aliphatic carbocycles. The van der Waals surface area contributed by atoms with E-state index in [0.717, 1.165) is 23.4 Å². The van der Waals surface area contributed by atoms with Crippen LogP contribution in [0.5, 0.6) is 0 Å². The van der Waals surface area contributed by atoms with Crippen LogP contribution in [0.1, 0.15) is 31.2 Å². The van der Waals surface area contributed by atoms with Crippen LogP contribution in [0.3, 0.4) is 0 Å². The highest BCUT2D eigenvalue weighted by molar-refractivity contribution is 5.94. The van der Waals surface area contributed by atoms with E-state index >= 15 is 0 Å². The van der Waals surface area contributed by atoms with Gasteiger partial charge in [0.15, 0.2) is 11.6 Å². The summed E-state index contributed by atoms with van der Waals surface area (Å²) in [5.41, 5.74) is 2.05. The minimum Gasteiger partial charge on any atom is -0.326 e. The first kappa shape index (κ1) is 19.0. The number of rotatable bonds is 4. The Balaban J connectivity index is 1.52. The summed E-state index contributed by atoms with van der Waals surface area (Å²) in [7, 11) is 0. The summed E-state index contributed by atoms with van der Waals surface area (Å²) in [5.74, 6) is -2.56. The minimum absolute atomic E-state index is 0.0243. The maximum Gasteiger partial charge on any atom is 0.227 e. The van der Waals surface area contributed by atoms with E-state index in [-0.39, 0.29) is 29.3 Å². The number of amides is 2. The lowest BCUT2D eigenvalue weighted by atomic mass is 9.81. The van der Waals surface area contributed by atoms with Gasteiger partial charge in [-0.15, -0.1) is 0 Å². The standard InChI is InChI=1S/C21H22F2N2O2/c1-13-4-2-3-5-19(13)25-21(27)15-8-6-14(7-9-15)20(26)24-16-10-11-17(22)18(23)12-16/h2-5,10-12,14-15H,6-9H2,1H3,(H,24,26)(H,25,27). The molecule has 0 unspecified atom stereocenters. The maximum atomic E-state index is 13.2. The molecule has 0 spiro atoms. The molecule has 2 amide bonds. The zero-order valence-electron chi connectivity index (χ0n) is 15.1. The fraction of sp³-hybridized carbons (Fsp3) is 0.333. The minimum atomic E-state index is -0.996. The molecular formula is C21H22F2N2O2. The summed E-state index contributed by atoms with van der Waals surface area (Å²) in [6.45, 7) is 1.94. The maximum absolute atomic E-state index is 13.2. The molecule has 0 saturated heterocycles. The van der Waals surface area contributed by atoms with Crippen molar-refractivity contribution in [3.8, 4) is 0 Å². The number of nitrogens with one attached hydrogen (secondary N) is 2. The van der Waals surface area contributed by atoms with Gasteiger partial charge in [-0.2, -0.15) is 0 Å². The predicted molar refractivity (Wildman–Crippen MR) is 100 cm³/mol. The van der Waals surface area contributed by atoms with Gasteiger partial charge in [0.05, 0.1) is 0 Å². The second-order valence-corrected chi connectivity index (χ2v) is 6.97. The third-order valence-electron chi connectivity index (χ3n) is 5.06. The third-order valence-corrected chi connectivity index (χ3v) is 5.06. The molecule has 142 valence electrons. The molecule has 1 aliphatic rings. The molecular weight excluding hydrogens is 350 g/mol. The van der Waals surface area contributed by atoms with Crippen molar-refractivity contribution < 1.29 is 18.4 Å². The van der Waals surface area contributed by atoms with Gasteiger partial charge in [-0.3, -0.25) is 9.59 Å².